The lowest BCUT2D eigenvalue weighted by Gasteiger charge is -2.25. The Labute approximate surface area is 235 Å². The van der Waals surface area contributed by atoms with Gasteiger partial charge in [0.2, 0.25) is 23.6 Å². The molecule has 0 fully saturated rings. The number of nitrogens with one attached hydrogen (secondary N) is 4. The minimum Gasteiger partial charge on any atom is -0.480 e. The summed E-state index contributed by atoms with van der Waals surface area (Å²) in [6.07, 6.45) is 1.35. The molecule has 0 saturated carbocycles. The van der Waals surface area contributed by atoms with Crippen LogP contribution in [0.5, 0.6) is 0 Å². The Morgan fingerprint density at radius 3 is 2.20 bits per heavy atom. The number of aromatic amines is 1. The SMILES string of the molecule is NC(=O)CC(NC(=O)C(Cc1c[nH]c2ccccc12)NC(=O)C(CCCN=C(N)N)NC(=O)C(N)CS)C(=O)O. The largest absolute Gasteiger partial charge is 0.480 e. The molecule has 4 unspecified atom stereocenters. The van der Waals surface area contributed by atoms with Crippen LogP contribution in [0.15, 0.2) is 35.5 Å². The van der Waals surface area contributed by atoms with Crippen molar-refractivity contribution in [2.45, 2.75) is 49.9 Å². The Balaban J connectivity index is 2.33. The van der Waals surface area contributed by atoms with Crippen molar-refractivity contribution < 1.29 is 29.1 Å². The first-order valence-corrected chi connectivity index (χ1v) is 12.9. The molecule has 40 heavy (non-hydrogen) atoms. The summed E-state index contributed by atoms with van der Waals surface area (Å²) in [6.45, 7) is 0.174. The second kappa shape index (κ2) is 15.3. The number of rotatable bonds is 16. The Morgan fingerprint density at radius 1 is 0.950 bits per heavy atom. The second-order valence-corrected chi connectivity index (χ2v) is 9.36. The van der Waals surface area contributed by atoms with E-state index in [9.17, 15) is 29.1 Å². The zero-order chi connectivity index (χ0) is 29.8. The molecule has 13 N–H and O–H groups in total. The minimum atomic E-state index is -1.61. The van der Waals surface area contributed by atoms with Crippen LogP contribution >= 0.6 is 12.6 Å². The van der Waals surface area contributed by atoms with Gasteiger partial charge in [0.1, 0.15) is 18.1 Å². The quantitative estimate of drug-likeness (QED) is 0.0434. The molecule has 0 spiro atoms. The van der Waals surface area contributed by atoms with Crippen molar-refractivity contribution in [2.75, 3.05) is 12.3 Å². The van der Waals surface area contributed by atoms with Crippen LogP contribution in [0.3, 0.4) is 0 Å². The number of thiol groups is 1. The molecule has 1 heterocycles. The average molecular weight is 578 g/mol. The third-order valence-electron chi connectivity index (χ3n) is 5.86. The number of fused-ring (bicyclic) bond motifs is 1. The van der Waals surface area contributed by atoms with Gasteiger partial charge >= 0.3 is 5.97 Å². The molecule has 0 radical (unpaired) electrons. The normalized spacial score (nSPS) is 13.8. The molecule has 0 aliphatic rings. The fraction of sp³-hybridized carbons (Fsp3) is 0.417. The molecule has 2 rings (SSSR count). The van der Waals surface area contributed by atoms with Gasteiger partial charge in [0.15, 0.2) is 5.96 Å². The van der Waals surface area contributed by atoms with E-state index >= 15 is 0 Å². The average Bonchev–Trinajstić information content (AvgIpc) is 3.31. The zero-order valence-electron chi connectivity index (χ0n) is 21.6. The second-order valence-electron chi connectivity index (χ2n) is 8.99. The number of aromatic nitrogens is 1. The third-order valence-corrected chi connectivity index (χ3v) is 6.26. The molecule has 218 valence electrons. The lowest BCUT2D eigenvalue weighted by molar-refractivity contribution is -0.143. The molecule has 0 aliphatic heterocycles. The summed E-state index contributed by atoms with van der Waals surface area (Å²) in [5, 5.41) is 17.6. The monoisotopic (exact) mass is 577 g/mol. The van der Waals surface area contributed by atoms with E-state index in [4.69, 9.17) is 22.9 Å². The predicted molar refractivity (Wildman–Crippen MR) is 151 cm³/mol. The number of aliphatic imine (C=N–C) groups is 1. The number of hydrogen-bond donors (Lipinski definition) is 10. The minimum absolute atomic E-state index is 0.0240. The third kappa shape index (κ3) is 9.77. The first kappa shape index (κ1) is 31.9. The van der Waals surface area contributed by atoms with E-state index < -0.39 is 60.2 Å². The Hall–Kier alpha value is -4.31. The van der Waals surface area contributed by atoms with E-state index in [1.807, 2.05) is 18.2 Å². The van der Waals surface area contributed by atoms with Gasteiger partial charge in [0, 0.05) is 35.8 Å². The molecule has 4 amide bonds. The van der Waals surface area contributed by atoms with Crippen LogP contribution in [0.25, 0.3) is 10.9 Å². The lowest BCUT2D eigenvalue weighted by atomic mass is 10.0. The van der Waals surface area contributed by atoms with E-state index in [2.05, 4.69) is 38.6 Å². The van der Waals surface area contributed by atoms with Crippen molar-refractivity contribution in [2.24, 2.45) is 27.9 Å². The van der Waals surface area contributed by atoms with Crippen LogP contribution in [0.4, 0.5) is 0 Å². The molecule has 0 aliphatic carbocycles. The number of aliphatic carboxylic acids is 1. The number of nitrogens with zero attached hydrogens (tertiary/aromatic N) is 1. The topological polar surface area (TPSA) is 274 Å². The standard InChI is InChI=1S/C24H35N9O6S/c25-14(11-40)20(35)31-16(6-3-7-29-24(27)28)21(36)32-17(22(37)33-18(23(38)39)9-19(26)34)8-12-10-30-15-5-2-1-4-13(12)15/h1-2,4-5,10,14,16-18,30,40H,3,6-9,11,25H2,(H2,26,34)(H,31,35)(H,32,36)(H,33,37)(H,38,39)(H4,27,28,29). The summed E-state index contributed by atoms with van der Waals surface area (Å²) in [7, 11) is 0. The highest BCUT2D eigenvalue weighted by Crippen LogP contribution is 2.19. The maximum Gasteiger partial charge on any atom is 0.326 e. The van der Waals surface area contributed by atoms with Crippen LogP contribution in [0.1, 0.15) is 24.8 Å². The highest BCUT2D eigenvalue weighted by Gasteiger charge is 2.31. The summed E-state index contributed by atoms with van der Waals surface area (Å²) in [4.78, 5) is 69.0. The van der Waals surface area contributed by atoms with Crippen LogP contribution in [0.2, 0.25) is 0 Å². The molecule has 16 heteroatoms. The van der Waals surface area contributed by atoms with Crippen molar-refractivity contribution in [3.63, 3.8) is 0 Å². The molecule has 0 bridgehead atoms. The molecular weight excluding hydrogens is 542 g/mol. The van der Waals surface area contributed by atoms with Crippen LogP contribution in [0, 0.1) is 0 Å². The number of nitrogens with two attached hydrogens (primary N) is 4. The maximum atomic E-state index is 13.4. The smallest absolute Gasteiger partial charge is 0.326 e. The summed E-state index contributed by atoms with van der Waals surface area (Å²) < 4.78 is 0. The molecule has 2 aromatic rings. The van der Waals surface area contributed by atoms with Gasteiger partial charge in [-0.1, -0.05) is 18.2 Å². The van der Waals surface area contributed by atoms with Crippen molar-refractivity contribution >= 4 is 59.1 Å². The molecule has 1 aromatic heterocycles. The predicted octanol–water partition coefficient (Wildman–Crippen LogP) is -2.56. The van der Waals surface area contributed by atoms with Gasteiger partial charge in [-0.15, -0.1) is 0 Å². The Bertz CT molecular complexity index is 1250. The number of carboxylic acid groups (broad SMARTS) is 1. The molecule has 1 aromatic carbocycles. The summed E-state index contributed by atoms with van der Waals surface area (Å²) in [6, 6.07) is 2.23. The van der Waals surface area contributed by atoms with Crippen molar-refractivity contribution in [3.05, 3.63) is 36.0 Å². The number of carbonyl (C=O) groups is 5. The number of para-hydroxylation sites is 1. The molecular formula is C24H35N9O6S. The van der Waals surface area contributed by atoms with Gasteiger partial charge in [-0.05, 0) is 24.5 Å². The van der Waals surface area contributed by atoms with Gasteiger partial charge in [-0.25, -0.2) is 4.79 Å². The van der Waals surface area contributed by atoms with Gasteiger partial charge in [-0.2, -0.15) is 12.6 Å². The number of amides is 4. The summed E-state index contributed by atoms with van der Waals surface area (Å²) in [5.41, 5.74) is 23.0. The van der Waals surface area contributed by atoms with Crippen LogP contribution < -0.4 is 38.9 Å². The number of primary amides is 1. The van der Waals surface area contributed by atoms with E-state index in [1.165, 1.54) is 0 Å². The number of carboxylic acids is 1. The molecule has 0 saturated heterocycles. The van der Waals surface area contributed by atoms with Crippen molar-refractivity contribution in [1.29, 1.82) is 0 Å². The summed E-state index contributed by atoms with van der Waals surface area (Å²) >= 11 is 4.00. The molecule has 4 atom stereocenters. The van der Waals surface area contributed by atoms with E-state index in [1.54, 1.807) is 12.3 Å². The lowest BCUT2D eigenvalue weighted by Crippen LogP contribution is -2.58. The van der Waals surface area contributed by atoms with Gasteiger partial charge in [-0.3, -0.25) is 24.2 Å². The number of benzene rings is 1. The Morgan fingerprint density at radius 2 is 1.57 bits per heavy atom. The Kier molecular flexibility index (Phi) is 12.2. The van der Waals surface area contributed by atoms with E-state index in [0.717, 1.165) is 10.9 Å². The zero-order valence-corrected chi connectivity index (χ0v) is 22.5. The fourth-order valence-corrected chi connectivity index (χ4v) is 3.98. The first-order valence-electron chi connectivity index (χ1n) is 12.3. The van der Waals surface area contributed by atoms with Gasteiger partial charge in [0.05, 0.1) is 12.5 Å². The number of H-pyrrole nitrogens is 1. The first-order chi connectivity index (χ1) is 18.9. The number of hydrogen-bond acceptors (Lipinski definition) is 8. The highest BCUT2D eigenvalue weighted by molar-refractivity contribution is 7.80. The fourth-order valence-electron chi connectivity index (χ4n) is 3.81. The highest BCUT2D eigenvalue weighted by atomic mass is 32.1. The van der Waals surface area contributed by atoms with Crippen molar-refractivity contribution in [3.8, 4) is 0 Å². The van der Waals surface area contributed by atoms with Crippen LogP contribution in [-0.2, 0) is 30.4 Å². The summed E-state index contributed by atoms with van der Waals surface area (Å²) in [5.74, 6) is -4.76. The van der Waals surface area contributed by atoms with Crippen LogP contribution in [-0.4, -0.2) is 82.1 Å². The van der Waals surface area contributed by atoms with E-state index in [-0.39, 0.29) is 31.1 Å². The maximum absolute atomic E-state index is 13.4. The van der Waals surface area contributed by atoms with Crippen molar-refractivity contribution in [1.82, 2.24) is 20.9 Å². The molecule has 15 nitrogen and oxygen atoms in total. The number of carbonyl (C=O) groups excluding carboxylic acids is 4. The van der Waals surface area contributed by atoms with Gasteiger partial charge < -0.3 is 49.0 Å². The van der Waals surface area contributed by atoms with Gasteiger partial charge in [0.25, 0.3) is 0 Å². The van der Waals surface area contributed by atoms with E-state index in [0.29, 0.717) is 12.0 Å². The number of guanidine groups is 1.